The predicted molar refractivity (Wildman–Crippen MR) is 101 cm³/mol. The van der Waals surface area contributed by atoms with E-state index in [0.29, 0.717) is 5.69 Å². The molecule has 0 fully saturated rings. The average molecular weight is 369 g/mol. The molecule has 0 unspecified atom stereocenters. The summed E-state index contributed by atoms with van der Waals surface area (Å²) in [6.45, 7) is 3.75. The fourth-order valence-corrected chi connectivity index (χ4v) is 3.11. The van der Waals surface area contributed by atoms with Gasteiger partial charge in [-0.15, -0.1) is 11.3 Å². The first-order chi connectivity index (χ1) is 12.5. The molecule has 0 spiro atoms. The summed E-state index contributed by atoms with van der Waals surface area (Å²) in [6, 6.07) is 9.97. The van der Waals surface area contributed by atoms with Crippen molar-refractivity contribution in [3.05, 3.63) is 60.0 Å². The Morgan fingerprint density at radius 2 is 2.04 bits per heavy atom. The summed E-state index contributed by atoms with van der Waals surface area (Å²) < 4.78 is 5.08. The van der Waals surface area contributed by atoms with Crippen molar-refractivity contribution >= 4 is 28.8 Å². The second kappa shape index (κ2) is 7.97. The molecule has 0 saturated carbocycles. The van der Waals surface area contributed by atoms with Gasteiger partial charge in [0.25, 0.3) is 5.91 Å². The predicted octanol–water partition coefficient (Wildman–Crippen LogP) is 3.80. The summed E-state index contributed by atoms with van der Waals surface area (Å²) in [4.78, 5) is 29.2. The SMILES string of the molecule is CC(C)[C@@H](NC(=O)c1ccco1)C(=O)Nc1cccc(-c2nccs2)c1. The lowest BCUT2D eigenvalue weighted by Crippen LogP contribution is -2.47. The van der Waals surface area contributed by atoms with Gasteiger partial charge in [0.15, 0.2) is 5.76 Å². The number of nitrogens with zero attached hydrogens (tertiary/aromatic N) is 1. The highest BCUT2D eigenvalue weighted by Gasteiger charge is 2.25. The van der Waals surface area contributed by atoms with Gasteiger partial charge in [-0.05, 0) is 30.2 Å². The minimum Gasteiger partial charge on any atom is -0.459 e. The maximum absolute atomic E-state index is 12.7. The molecule has 26 heavy (non-hydrogen) atoms. The Morgan fingerprint density at radius 1 is 1.19 bits per heavy atom. The average Bonchev–Trinajstić information content (AvgIpc) is 3.32. The lowest BCUT2D eigenvalue weighted by Gasteiger charge is -2.21. The number of aromatic nitrogens is 1. The van der Waals surface area contributed by atoms with Crippen molar-refractivity contribution < 1.29 is 14.0 Å². The van der Waals surface area contributed by atoms with Gasteiger partial charge in [0.2, 0.25) is 5.91 Å². The summed E-state index contributed by atoms with van der Waals surface area (Å²) in [6.07, 6.45) is 3.16. The van der Waals surface area contributed by atoms with Gasteiger partial charge in [-0.1, -0.05) is 26.0 Å². The third-order valence-corrected chi connectivity index (χ3v) is 4.61. The Balaban J connectivity index is 1.72. The van der Waals surface area contributed by atoms with Crippen molar-refractivity contribution in [2.24, 2.45) is 5.92 Å². The molecule has 1 atom stereocenters. The van der Waals surface area contributed by atoms with Crippen LogP contribution < -0.4 is 10.6 Å². The van der Waals surface area contributed by atoms with E-state index in [1.807, 2.05) is 37.4 Å². The highest BCUT2D eigenvalue weighted by atomic mass is 32.1. The molecule has 3 rings (SSSR count). The van der Waals surface area contributed by atoms with E-state index in [9.17, 15) is 9.59 Å². The quantitative estimate of drug-likeness (QED) is 0.692. The molecule has 0 aliphatic carbocycles. The number of hydrogen-bond donors (Lipinski definition) is 2. The second-order valence-electron chi connectivity index (χ2n) is 6.08. The molecular weight excluding hydrogens is 350 g/mol. The maximum Gasteiger partial charge on any atom is 0.287 e. The van der Waals surface area contributed by atoms with Crippen molar-refractivity contribution in [1.29, 1.82) is 0 Å². The zero-order valence-corrected chi connectivity index (χ0v) is 15.2. The van der Waals surface area contributed by atoms with Crippen molar-refractivity contribution in [3.63, 3.8) is 0 Å². The minimum atomic E-state index is -0.684. The van der Waals surface area contributed by atoms with Crippen molar-refractivity contribution in [2.75, 3.05) is 5.32 Å². The molecule has 0 bridgehead atoms. The Hall–Kier alpha value is -2.93. The van der Waals surface area contributed by atoms with Gasteiger partial charge in [0.05, 0.1) is 6.26 Å². The van der Waals surface area contributed by atoms with E-state index in [1.165, 1.54) is 17.6 Å². The summed E-state index contributed by atoms with van der Waals surface area (Å²) in [5.74, 6) is -0.609. The van der Waals surface area contributed by atoms with Crippen LogP contribution in [0.3, 0.4) is 0 Å². The van der Waals surface area contributed by atoms with E-state index < -0.39 is 11.9 Å². The van der Waals surface area contributed by atoms with E-state index >= 15 is 0 Å². The molecule has 2 heterocycles. The first-order valence-electron chi connectivity index (χ1n) is 8.20. The topological polar surface area (TPSA) is 84.2 Å². The Kier molecular flexibility index (Phi) is 5.48. The number of carbonyl (C=O) groups excluding carboxylic acids is 2. The Morgan fingerprint density at radius 3 is 2.69 bits per heavy atom. The van der Waals surface area contributed by atoms with Crippen LogP contribution in [-0.2, 0) is 4.79 Å². The van der Waals surface area contributed by atoms with E-state index in [2.05, 4.69) is 15.6 Å². The van der Waals surface area contributed by atoms with Gasteiger partial charge >= 0.3 is 0 Å². The molecule has 134 valence electrons. The summed E-state index contributed by atoms with van der Waals surface area (Å²) in [5.41, 5.74) is 1.58. The van der Waals surface area contributed by atoms with Crippen molar-refractivity contribution in [2.45, 2.75) is 19.9 Å². The summed E-state index contributed by atoms with van der Waals surface area (Å²) >= 11 is 1.53. The molecular formula is C19H19N3O3S. The van der Waals surface area contributed by atoms with Crippen LogP contribution >= 0.6 is 11.3 Å². The lowest BCUT2D eigenvalue weighted by molar-refractivity contribution is -0.118. The third-order valence-electron chi connectivity index (χ3n) is 3.79. The van der Waals surface area contributed by atoms with E-state index in [4.69, 9.17) is 4.42 Å². The zero-order chi connectivity index (χ0) is 18.5. The van der Waals surface area contributed by atoms with Crippen LogP contribution in [0.2, 0.25) is 0 Å². The third kappa shape index (κ3) is 4.18. The second-order valence-corrected chi connectivity index (χ2v) is 6.97. The molecule has 0 radical (unpaired) electrons. The number of thiazole rings is 1. The van der Waals surface area contributed by atoms with Gasteiger partial charge in [0.1, 0.15) is 11.0 Å². The minimum absolute atomic E-state index is 0.0870. The standard InChI is InChI=1S/C19H19N3O3S/c1-12(2)16(22-17(23)15-7-4-9-25-15)18(24)21-14-6-3-5-13(11-14)19-20-8-10-26-19/h3-12,16H,1-2H3,(H,21,24)(H,22,23)/t16-/m1/s1. The van der Waals surface area contributed by atoms with Crippen molar-refractivity contribution in [1.82, 2.24) is 10.3 Å². The normalized spacial score (nSPS) is 12.0. The number of benzene rings is 1. The first-order valence-corrected chi connectivity index (χ1v) is 9.07. The highest BCUT2D eigenvalue weighted by molar-refractivity contribution is 7.13. The van der Waals surface area contributed by atoms with Crippen molar-refractivity contribution in [3.8, 4) is 10.6 Å². The number of furan rings is 1. The van der Waals surface area contributed by atoms with E-state index in [1.54, 1.807) is 24.4 Å². The summed E-state index contributed by atoms with van der Waals surface area (Å²) in [7, 11) is 0. The van der Waals surface area contributed by atoms with Crippen LogP contribution in [0.25, 0.3) is 10.6 Å². The number of rotatable bonds is 6. The number of carbonyl (C=O) groups is 2. The molecule has 2 N–H and O–H groups in total. The maximum atomic E-state index is 12.7. The fraction of sp³-hybridized carbons (Fsp3) is 0.211. The Labute approximate surface area is 155 Å². The Bertz CT molecular complexity index is 873. The molecule has 3 aromatic rings. The fourth-order valence-electron chi connectivity index (χ4n) is 2.47. The molecule has 6 nitrogen and oxygen atoms in total. The number of nitrogens with one attached hydrogen (secondary N) is 2. The molecule has 2 amide bonds. The lowest BCUT2D eigenvalue weighted by atomic mass is 10.0. The number of anilines is 1. The largest absolute Gasteiger partial charge is 0.459 e. The zero-order valence-electron chi connectivity index (χ0n) is 14.4. The highest BCUT2D eigenvalue weighted by Crippen LogP contribution is 2.24. The van der Waals surface area contributed by atoms with Crippen LogP contribution in [0.15, 0.2) is 58.7 Å². The van der Waals surface area contributed by atoms with Crippen LogP contribution in [0.1, 0.15) is 24.4 Å². The van der Waals surface area contributed by atoms with Gasteiger partial charge in [-0.2, -0.15) is 0 Å². The van der Waals surface area contributed by atoms with Crippen LogP contribution in [0.4, 0.5) is 5.69 Å². The molecule has 1 aromatic carbocycles. The smallest absolute Gasteiger partial charge is 0.287 e. The number of hydrogen-bond acceptors (Lipinski definition) is 5. The van der Waals surface area contributed by atoms with Gasteiger partial charge in [0, 0.05) is 22.8 Å². The van der Waals surface area contributed by atoms with E-state index in [0.717, 1.165) is 10.6 Å². The van der Waals surface area contributed by atoms with Gasteiger partial charge in [-0.3, -0.25) is 9.59 Å². The summed E-state index contributed by atoms with van der Waals surface area (Å²) in [5, 5.41) is 8.38. The number of amides is 2. The molecule has 7 heteroatoms. The molecule has 0 saturated heterocycles. The van der Waals surface area contributed by atoms with Gasteiger partial charge in [-0.25, -0.2) is 4.98 Å². The molecule has 2 aromatic heterocycles. The molecule has 0 aliphatic heterocycles. The van der Waals surface area contributed by atoms with Crippen LogP contribution in [0, 0.1) is 5.92 Å². The van der Waals surface area contributed by atoms with Crippen LogP contribution in [0.5, 0.6) is 0 Å². The van der Waals surface area contributed by atoms with Crippen LogP contribution in [-0.4, -0.2) is 22.8 Å². The van der Waals surface area contributed by atoms with E-state index in [-0.39, 0.29) is 17.6 Å². The first kappa shape index (κ1) is 17.9. The van der Waals surface area contributed by atoms with Gasteiger partial charge < -0.3 is 15.1 Å². The monoisotopic (exact) mass is 369 g/mol. The molecule has 0 aliphatic rings.